The molecule has 1 saturated carbocycles. The summed E-state index contributed by atoms with van der Waals surface area (Å²) >= 11 is 0. The van der Waals surface area contributed by atoms with Crippen LogP contribution in [0.3, 0.4) is 0 Å². The van der Waals surface area contributed by atoms with Gasteiger partial charge in [0.1, 0.15) is 0 Å². The molecular formula is C42H55NO3. The maximum Gasteiger partial charge on any atom is 0.336 e. The van der Waals surface area contributed by atoms with Crippen LogP contribution in [0.15, 0.2) is 67.2 Å². The molecule has 3 aromatic carbocycles. The van der Waals surface area contributed by atoms with Crippen LogP contribution in [-0.4, -0.2) is 22.4 Å². The summed E-state index contributed by atoms with van der Waals surface area (Å²) in [4.78, 5) is 25.7. The number of carbonyl (C=O) groups is 2. The van der Waals surface area contributed by atoms with Crippen LogP contribution in [-0.2, 0) is 11.8 Å². The SMILES string of the molecule is C=C(NC(C)(C)CC)c1cc(C(=O)Cc2ccc(C3(c4ccc(C)cc4)CCCCCCCCCCC3)cc2C)ccc1C(=O)O. The fraction of sp³-hybridized carbons (Fsp3) is 0.476. The van der Waals surface area contributed by atoms with Gasteiger partial charge < -0.3 is 10.4 Å². The Morgan fingerprint density at radius 1 is 0.783 bits per heavy atom. The largest absolute Gasteiger partial charge is 0.478 e. The summed E-state index contributed by atoms with van der Waals surface area (Å²) in [5, 5.41) is 13.2. The van der Waals surface area contributed by atoms with Gasteiger partial charge in [0.25, 0.3) is 0 Å². The highest BCUT2D eigenvalue weighted by molar-refractivity contribution is 6.01. The minimum atomic E-state index is -1.04. The van der Waals surface area contributed by atoms with E-state index in [1.54, 1.807) is 12.1 Å². The van der Waals surface area contributed by atoms with Crippen LogP contribution in [0.5, 0.6) is 0 Å². The lowest BCUT2D eigenvalue weighted by atomic mass is 9.67. The lowest BCUT2D eigenvalue weighted by Gasteiger charge is -2.37. The van der Waals surface area contributed by atoms with Crippen molar-refractivity contribution in [3.63, 3.8) is 0 Å². The number of carbonyl (C=O) groups excluding carboxylic acids is 1. The fourth-order valence-corrected chi connectivity index (χ4v) is 7.02. The smallest absolute Gasteiger partial charge is 0.336 e. The van der Waals surface area contributed by atoms with Gasteiger partial charge in [-0.15, -0.1) is 0 Å². The van der Waals surface area contributed by atoms with Crippen molar-refractivity contribution in [1.82, 2.24) is 5.32 Å². The number of carboxylic acids is 1. The highest BCUT2D eigenvalue weighted by atomic mass is 16.4. The molecule has 4 nitrogen and oxygen atoms in total. The van der Waals surface area contributed by atoms with Gasteiger partial charge in [0.15, 0.2) is 5.78 Å². The van der Waals surface area contributed by atoms with Crippen molar-refractivity contribution in [2.24, 2.45) is 0 Å². The van der Waals surface area contributed by atoms with E-state index in [1.807, 2.05) is 13.8 Å². The third kappa shape index (κ3) is 8.78. The molecule has 0 aromatic heterocycles. The van der Waals surface area contributed by atoms with Crippen LogP contribution < -0.4 is 5.32 Å². The molecule has 0 saturated heterocycles. The van der Waals surface area contributed by atoms with E-state index in [1.165, 1.54) is 80.5 Å². The second kappa shape index (κ2) is 15.8. The summed E-state index contributed by atoms with van der Waals surface area (Å²) in [6, 6.07) is 20.8. The Morgan fingerprint density at radius 3 is 1.89 bits per heavy atom. The average molecular weight is 622 g/mol. The standard InChI is InChI=1S/C42H55NO3/c1-7-41(5,6)43-32(4)38-28-34(20-24-37(38)40(45)46)39(44)29-33-19-23-36(27-31(33)3)42(35-21-17-30(2)18-22-35)25-15-13-11-9-8-10-12-14-16-26-42/h17-24,27-28,43H,4,7-16,25-26,29H2,1-3,5-6H3,(H,45,46). The first kappa shape index (κ1) is 35.2. The molecule has 0 aliphatic heterocycles. The van der Waals surface area contributed by atoms with Gasteiger partial charge in [-0.05, 0) is 81.3 Å². The maximum absolute atomic E-state index is 13.7. The summed E-state index contributed by atoms with van der Waals surface area (Å²) in [7, 11) is 0. The number of hydrogen-bond acceptors (Lipinski definition) is 3. The molecule has 246 valence electrons. The number of ketones is 1. The summed E-state index contributed by atoms with van der Waals surface area (Å²) in [5.74, 6) is -1.07. The summed E-state index contributed by atoms with van der Waals surface area (Å²) in [6.45, 7) is 14.6. The minimum absolute atomic E-state index is 0.0316. The first-order valence-electron chi connectivity index (χ1n) is 17.5. The molecule has 46 heavy (non-hydrogen) atoms. The van der Waals surface area contributed by atoms with Gasteiger partial charge >= 0.3 is 5.97 Å². The maximum atomic E-state index is 13.7. The highest BCUT2D eigenvalue weighted by Crippen LogP contribution is 2.43. The van der Waals surface area contributed by atoms with Crippen LogP contribution in [0, 0.1) is 13.8 Å². The monoisotopic (exact) mass is 621 g/mol. The summed E-state index contributed by atoms with van der Waals surface area (Å²) in [5.41, 5.74) is 7.49. The predicted molar refractivity (Wildman–Crippen MR) is 192 cm³/mol. The Morgan fingerprint density at radius 2 is 1.35 bits per heavy atom. The molecular weight excluding hydrogens is 566 g/mol. The Kier molecular flexibility index (Phi) is 12.1. The van der Waals surface area contributed by atoms with Crippen molar-refractivity contribution < 1.29 is 14.7 Å². The van der Waals surface area contributed by atoms with E-state index in [9.17, 15) is 14.7 Å². The molecule has 4 heteroatoms. The van der Waals surface area contributed by atoms with E-state index in [4.69, 9.17) is 0 Å². The van der Waals surface area contributed by atoms with Crippen molar-refractivity contribution in [3.8, 4) is 0 Å². The van der Waals surface area contributed by atoms with E-state index in [0.717, 1.165) is 30.4 Å². The number of benzene rings is 3. The molecule has 1 aliphatic carbocycles. The Labute approximate surface area is 277 Å². The van der Waals surface area contributed by atoms with E-state index >= 15 is 0 Å². The summed E-state index contributed by atoms with van der Waals surface area (Å²) < 4.78 is 0. The quantitative estimate of drug-likeness (QED) is 0.221. The van der Waals surface area contributed by atoms with Gasteiger partial charge in [0.05, 0.1) is 5.56 Å². The Hall–Kier alpha value is -3.66. The van der Waals surface area contributed by atoms with Crippen LogP contribution in [0.25, 0.3) is 5.70 Å². The molecule has 2 N–H and O–H groups in total. The van der Waals surface area contributed by atoms with Gasteiger partial charge in [-0.3, -0.25) is 4.79 Å². The molecule has 0 amide bonds. The number of carboxylic acid groups (broad SMARTS) is 1. The number of hydrogen-bond donors (Lipinski definition) is 2. The molecule has 4 rings (SSSR count). The molecule has 0 unspecified atom stereocenters. The topological polar surface area (TPSA) is 66.4 Å². The summed E-state index contributed by atoms with van der Waals surface area (Å²) in [6.07, 6.45) is 15.1. The zero-order valence-electron chi connectivity index (χ0n) is 28.9. The van der Waals surface area contributed by atoms with Crippen molar-refractivity contribution in [2.45, 2.75) is 129 Å². The third-order valence-corrected chi connectivity index (χ3v) is 10.3. The third-order valence-electron chi connectivity index (χ3n) is 10.3. The molecule has 0 atom stereocenters. The normalized spacial score (nSPS) is 16.1. The second-order valence-electron chi connectivity index (χ2n) is 14.3. The number of Topliss-reactive ketones (excluding diaryl/α,β-unsaturated/α-hetero) is 1. The van der Waals surface area contributed by atoms with Crippen LogP contribution in [0.1, 0.15) is 152 Å². The fourth-order valence-electron chi connectivity index (χ4n) is 7.02. The van der Waals surface area contributed by atoms with Gasteiger partial charge in [-0.25, -0.2) is 4.79 Å². The van der Waals surface area contributed by atoms with Gasteiger partial charge in [0, 0.05) is 34.2 Å². The van der Waals surface area contributed by atoms with Crippen molar-refractivity contribution in [3.05, 3.63) is 112 Å². The zero-order valence-corrected chi connectivity index (χ0v) is 28.9. The second-order valence-corrected chi connectivity index (χ2v) is 14.3. The van der Waals surface area contributed by atoms with Crippen LogP contribution >= 0.6 is 0 Å². The number of aryl methyl sites for hydroxylation is 2. The lowest BCUT2D eigenvalue weighted by Crippen LogP contribution is -2.37. The number of rotatable bonds is 10. The van der Waals surface area contributed by atoms with Gasteiger partial charge in [0.2, 0.25) is 0 Å². The van der Waals surface area contributed by atoms with Gasteiger partial charge in [-0.2, -0.15) is 0 Å². The zero-order chi connectivity index (χ0) is 33.3. The molecule has 0 radical (unpaired) electrons. The van der Waals surface area contributed by atoms with Crippen molar-refractivity contribution in [2.75, 3.05) is 0 Å². The molecule has 1 fully saturated rings. The van der Waals surface area contributed by atoms with E-state index in [2.05, 4.69) is 75.1 Å². The number of aromatic carboxylic acids is 1. The van der Waals surface area contributed by atoms with E-state index in [0.29, 0.717) is 16.8 Å². The Balaban J connectivity index is 1.65. The van der Waals surface area contributed by atoms with Crippen molar-refractivity contribution >= 4 is 17.4 Å². The van der Waals surface area contributed by atoms with Crippen molar-refractivity contribution in [1.29, 1.82) is 0 Å². The van der Waals surface area contributed by atoms with Gasteiger partial charge in [-0.1, -0.05) is 125 Å². The molecule has 0 spiro atoms. The average Bonchev–Trinajstić information content (AvgIpc) is 3.02. The van der Waals surface area contributed by atoms with E-state index in [-0.39, 0.29) is 28.7 Å². The minimum Gasteiger partial charge on any atom is -0.478 e. The molecule has 3 aromatic rings. The highest BCUT2D eigenvalue weighted by Gasteiger charge is 2.34. The first-order valence-corrected chi connectivity index (χ1v) is 17.5. The molecule has 0 heterocycles. The molecule has 1 aliphatic rings. The first-order chi connectivity index (χ1) is 22.0. The predicted octanol–water partition coefficient (Wildman–Crippen LogP) is 10.8. The number of nitrogens with one attached hydrogen (secondary N) is 1. The Bertz CT molecular complexity index is 1500. The molecule has 0 bridgehead atoms. The van der Waals surface area contributed by atoms with Crippen LogP contribution in [0.2, 0.25) is 0 Å². The van der Waals surface area contributed by atoms with E-state index < -0.39 is 5.97 Å². The lowest BCUT2D eigenvalue weighted by molar-refractivity contribution is 0.0695. The van der Waals surface area contributed by atoms with Crippen LogP contribution in [0.4, 0.5) is 0 Å².